The minimum Gasteiger partial charge on any atom is -0.147 e. The van der Waals surface area contributed by atoms with Crippen LogP contribution in [0.25, 0.3) is 0 Å². The zero-order chi connectivity index (χ0) is 5.98. The molecule has 0 radical (unpaired) electrons. The maximum atomic E-state index is 5.41. The van der Waals surface area contributed by atoms with Crippen LogP contribution >= 0.6 is 60.4 Å². The van der Waals surface area contributed by atoms with Crippen molar-refractivity contribution in [3.8, 4) is 0 Å². The topological polar surface area (TPSA) is 38.7 Å². The van der Waals surface area contributed by atoms with Crippen LogP contribution in [0.5, 0.6) is 0 Å². The van der Waals surface area contributed by atoms with Crippen molar-refractivity contribution in [3.63, 3.8) is 0 Å². The molecule has 0 saturated carbocycles. The van der Waals surface area contributed by atoms with Gasteiger partial charge in [-0.15, -0.1) is 47.4 Å². The molecular weight excluding hydrogens is 255 g/mol. The van der Waals surface area contributed by atoms with E-state index in [0.717, 1.165) is 0 Å². The van der Waals surface area contributed by atoms with Crippen molar-refractivity contribution in [2.45, 2.75) is 0 Å². The minimum atomic E-state index is 0. The summed E-state index contributed by atoms with van der Waals surface area (Å²) < 4.78 is 0. The molecule has 11 heavy (non-hydrogen) atoms. The summed E-state index contributed by atoms with van der Waals surface area (Å²) in [5.41, 5.74) is 0. The SMILES string of the molecule is Cl.Cl.Cl.Clc1cnnnc1Cl. The van der Waals surface area contributed by atoms with E-state index in [9.17, 15) is 0 Å². The smallest absolute Gasteiger partial charge is 0.147 e. The second-order valence-corrected chi connectivity index (χ2v) is 1.84. The molecule has 3 nitrogen and oxygen atoms in total. The van der Waals surface area contributed by atoms with E-state index < -0.39 is 0 Å². The van der Waals surface area contributed by atoms with Gasteiger partial charge in [-0.05, 0) is 5.21 Å². The van der Waals surface area contributed by atoms with Crippen LogP contribution in [-0.4, -0.2) is 15.4 Å². The van der Waals surface area contributed by atoms with E-state index in [1.54, 1.807) is 0 Å². The lowest BCUT2D eigenvalue weighted by molar-refractivity contribution is 0.865. The van der Waals surface area contributed by atoms with Crippen LogP contribution in [0.15, 0.2) is 6.20 Å². The molecule has 0 spiro atoms. The van der Waals surface area contributed by atoms with Crippen LogP contribution in [0.3, 0.4) is 0 Å². The van der Waals surface area contributed by atoms with Crippen molar-refractivity contribution in [2.75, 3.05) is 0 Å². The normalized spacial score (nSPS) is 6.73. The fourth-order valence-electron chi connectivity index (χ4n) is 0.243. The lowest BCUT2D eigenvalue weighted by Gasteiger charge is -1.84. The van der Waals surface area contributed by atoms with Crippen molar-refractivity contribution >= 4 is 60.4 Å². The van der Waals surface area contributed by atoms with Gasteiger partial charge in [0.05, 0.1) is 6.20 Å². The average Bonchev–Trinajstić information content (AvgIpc) is 1.77. The molecule has 0 unspecified atom stereocenters. The molecule has 1 aromatic rings. The van der Waals surface area contributed by atoms with Gasteiger partial charge in [-0.3, -0.25) is 0 Å². The lowest BCUT2D eigenvalue weighted by atomic mass is 10.7. The monoisotopic (exact) mass is 257 g/mol. The van der Waals surface area contributed by atoms with Gasteiger partial charge in [0.25, 0.3) is 0 Å². The average molecular weight is 259 g/mol. The fraction of sp³-hybridized carbons (Fsp3) is 0. The molecule has 0 aliphatic heterocycles. The molecule has 0 aromatic carbocycles. The maximum Gasteiger partial charge on any atom is 0.173 e. The summed E-state index contributed by atoms with van der Waals surface area (Å²) in [5.74, 6) is 0. The van der Waals surface area contributed by atoms with Gasteiger partial charge in [0.2, 0.25) is 0 Å². The van der Waals surface area contributed by atoms with Gasteiger partial charge >= 0.3 is 0 Å². The van der Waals surface area contributed by atoms with Crippen LogP contribution in [0.4, 0.5) is 0 Å². The Morgan fingerprint density at radius 1 is 1.09 bits per heavy atom. The Labute approximate surface area is 92.1 Å². The second-order valence-electron chi connectivity index (χ2n) is 1.07. The highest BCUT2D eigenvalue weighted by Crippen LogP contribution is 2.13. The molecule has 66 valence electrons. The fourth-order valence-corrected chi connectivity index (χ4v) is 0.407. The number of rotatable bonds is 0. The lowest BCUT2D eigenvalue weighted by Crippen LogP contribution is -1.84. The van der Waals surface area contributed by atoms with Gasteiger partial charge < -0.3 is 0 Å². The van der Waals surface area contributed by atoms with Crippen LogP contribution < -0.4 is 0 Å². The predicted molar refractivity (Wildman–Crippen MR) is 51.6 cm³/mol. The Bertz CT molecular complexity index is 173. The van der Waals surface area contributed by atoms with Crippen molar-refractivity contribution in [2.24, 2.45) is 0 Å². The van der Waals surface area contributed by atoms with E-state index in [0.29, 0.717) is 5.02 Å². The molecule has 0 saturated heterocycles. The molecule has 1 heterocycles. The molecule has 1 aromatic heterocycles. The second kappa shape index (κ2) is 8.56. The highest BCUT2D eigenvalue weighted by Gasteiger charge is 1.94. The first-order valence-electron chi connectivity index (χ1n) is 1.80. The number of aromatic nitrogens is 3. The molecule has 0 amide bonds. The Kier molecular flexibility index (Phi) is 13.6. The molecule has 8 heteroatoms. The summed E-state index contributed by atoms with van der Waals surface area (Å²) in [7, 11) is 0. The molecule has 0 aliphatic carbocycles. The quantitative estimate of drug-likeness (QED) is 0.718. The molecule has 0 aliphatic rings. The summed E-state index contributed by atoms with van der Waals surface area (Å²) in [6.45, 7) is 0. The van der Waals surface area contributed by atoms with Crippen LogP contribution in [0.1, 0.15) is 0 Å². The number of nitrogens with zero attached hydrogens (tertiary/aromatic N) is 3. The zero-order valence-corrected chi connectivity index (χ0v) is 8.86. The van der Waals surface area contributed by atoms with Crippen LogP contribution in [-0.2, 0) is 0 Å². The van der Waals surface area contributed by atoms with Crippen molar-refractivity contribution in [1.29, 1.82) is 0 Å². The Morgan fingerprint density at radius 2 is 1.64 bits per heavy atom. The van der Waals surface area contributed by atoms with Gasteiger partial charge in [0, 0.05) is 0 Å². The minimum absolute atomic E-state index is 0. The Balaban J connectivity index is -0.000000213. The van der Waals surface area contributed by atoms with E-state index in [1.165, 1.54) is 6.20 Å². The van der Waals surface area contributed by atoms with Gasteiger partial charge in [-0.2, -0.15) is 0 Å². The summed E-state index contributed by atoms with van der Waals surface area (Å²) in [5, 5.41) is 10.5. The molecular formula is C3H4Cl5N3. The first-order chi connectivity index (χ1) is 3.80. The maximum absolute atomic E-state index is 5.41. The van der Waals surface area contributed by atoms with Gasteiger partial charge in [-0.1, -0.05) is 23.2 Å². The molecule has 0 atom stereocenters. The molecule has 0 fully saturated rings. The highest BCUT2D eigenvalue weighted by molar-refractivity contribution is 6.40. The summed E-state index contributed by atoms with van der Waals surface area (Å²) >= 11 is 10.8. The first kappa shape index (κ1) is 17.5. The summed E-state index contributed by atoms with van der Waals surface area (Å²) in [6, 6.07) is 0. The van der Waals surface area contributed by atoms with Crippen molar-refractivity contribution < 1.29 is 0 Å². The highest BCUT2D eigenvalue weighted by atomic mass is 35.5. The summed E-state index contributed by atoms with van der Waals surface area (Å²) in [6.07, 6.45) is 1.33. The standard InChI is InChI=1S/C3HCl2N3.3ClH/c4-2-1-6-8-7-3(2)5;;;/h1H;3*1H. The van der Waals surface area contributed by atoms with E-state index in [-0.39, 0.29) is 42.4 Å². The van der Waals surface area contributed by atoms with Crippen molar-refractivity contribution in [3.05, 3.63) is 16.4 Å². The largest absolute Gasteiger partial charge is 0.173 e. The van der Waals surface area contributed by atoms with Gasteiger partial charge in [0.1, 0.15) is 5.02 Å². The Hall–Kier alpha value is 0.460. The molecule has 0 N–H and O–H groups in total. The number of halogens is 5. The molecule has 0 bridgehead atoms. The number of hydrogen-bond donors (Lipinski definition) is 0. The van der Waals surface area contributed by atoms with E-state index in [1.807, 2.05) is 0 Å². The van der Waals surface area contributed by atoms with Crippen LogP contribution in [0, 0.1) is 0 Å². The summed E-state index contributed by atoms with van der Waals surface area (Å²) in [4.78, 5) is 0. The molecule has 1 rings (SSSR count). The van der Waals surface area contributed by atoms with Gasteiger partial charge in [0.15, 0.2) is 5.15 Å². The predicted octanol–water partition coefficient (Wildman–Crippen LogP) is 2.44. The van der Waals surface area contributed by atoms with E-state index >= 15 is 0 Å². The zero-order valence-electron chi connectivity index (χ0n) is 4.90. The van der Waals surface area contributed by atoms with E-state index in [4.69, 9.17) is 23.2 Å². The third-order valence-electron chi connectivity index (χ3n) is 0.552. The number of hydrogen-bond acceptors (Lipinski definition) is 3. The van der Waals surface area contributed by atoms with Gasteiger partial charge in [-0.25, -0.2) is 0 Å². The van der Waals surface area contributed by atoms with E-state index in [2.05, 4.69) is 15.4 Å². The third-order valence-corrected chi connectivity index (χ3v) is 1.20. The van der Waals surface area contributed by atoms with Crippen molar-refractivity contribution in [1.82, 2.24) is 15.4 Å². The van der Waals surface area contributed by atoms with Crippen LogP contribution in [0.2, 0.25) is 10.2 Å². The third kappa shape index (κ3) is 5.70. The first-order valence-corrected chi connectivity index (χ1v) is 2.55. The Morgan fingerprint density at radius 3 is 1.91 bits per heavy atom.